The van der Waals surface area contributed by atoms with Gasteiger partial charge in [-0.25, -0.2) is 4.79 Å². The molecule has 0 bridgehead atoms. The van der Waals surface area contributed by atoms with Gasteiger partial charge in [-0.1, -0.05) is 12.8 Å². The standard InChI is InChI=1S/C13H20N2O4/c1-3-9-15(10-4-2)13(19)14-11(16)7-5-6-8-12(17)18/h1H,4-10H2,2H3,(H,17,18)(H,14,16,19). The van der Waals surface area contributed by atoms with E-state index in [0.717, 1.165) is 6.42 Å². The highest BCUT2D eigenvalue weighted by Crippen LogP contribution is 2.00. The molecule has 0 unspecified atom stereocenters. The predicted molar refractivity (Wildman–Crippen MR) is 70.3 cm³/mol. The summed E-state index contributed by atoms with van der Waals surface area (Å²) >= 11 is 0. The van der Waals surface area contributed by atoms with Gasteiger partial charge >= 0.3 is 12.0 Å². The first-order chi connectivity index (χ1) is 9.01. The van der Waals surface area contributed by atoms with Crippen molar-refractivity contribution in [2.24, 2.45) is 0 Å². The molecule has 6 heteroatoms. The molecule has 0 rings (SSSR count). The molecule has 0 aromatic rings. The lowest BCUT2D eigenvalue weighted by molar-refractivity contribution is -0.137. The number of amides is 3. The molecule has 0 saturated carbocycles. The fraction of sp³-hybridized carbons (Fsp3) is 0.615. The SMILES string of the molecule is C#CCN(CCC)C(=O)NC(=O)CCCCC(=O)O. The molecule has 0 aliphatic rings. The van der Waals surface area contributed by atoms with E-state index in [4.69, 9.17) is 11.5 Å². The minimum Gasteiger partial charge on any atom is -0.481 e. The van der Waals surface area contributed by atoms with E-state index < -0.39 is 17.9 Å². The minimum atomic E-state index is -0.889. The van der Waals surface area contributed by atoms with Gasteiger partial charge in [-0.05, 0) is 19.3 Å². The van der Waals surface area contributed by atoms with Gasteiger partial charge in [0.25, 0.3) is 0 Å². The Morgan fingerprint density at radius 2 is 1.89 bits per heavy atom. The molecule has 0 aromatic heterocycles. The van der Waals surface area contributed by atoms with E-state index in [0.29, 0.717) is 19.4 Å². The van der Waals surface area contributed by atoms with Crippen LogP contribution in [0.5, 0.6) is 0 Å². The number of aliphatic carboxylic acids is 1. The fourth-order valence-electron chi connectivity index (χ4n) is 1.46. The van der Waals surface area contributed by atoms with Gasteiger partial charge in [-0.2, -0.15) is 0 Å². The third-order valence-electron chi connectivity index (χ3n) is 2.35. The number of nitrogens with one attached hydrogen (secondary N) is 1. The molecule has 0 fully saturated rings. The largest absolute Gasteiger partial charge is 0.481 e. The highest BCUT2D eigenvalue weighted by molar-refractivity contribution is 5.94. The maximum atomic E-state index is 11.7. The number of hydrogen-bond donors (Lipinski definition) is 2. The second-order valence-corrected chi connectivity index (χ2v) is 4.08. The number of unbranched alkanes of at least 4 members (excludes halogenated alkanes) is 1. The number of urea groups is 1. The van der Waals surface area contributed by atoms with Crippen LogP contribution in [-0.2, 0) is 9.59 Å². The number of hydrogen-bond acceptors (Lipinski definition) is 3. The van der Waals surface area contributed by atoms with E-state index in [9.17, 15) is 14.4 Å². The molecule has 0 aromatic carbocycles. The Hall–Kier alpha value is -2.03. The Morgan fingerprint density at radius 1 is 1.26 bits per heavy atom. The van der Waals surface area contributed by atoms with Crippen LogP contribution in [0.4, 0.5) is 4.79 Å². The number of rotatable bonds is 8. The van der Waals surface area contributed by atoms with E-state index in [1.165, 1.54) is 4.90 Å². The molecule has 19 heavy (non-hydrogen) atoms. The van der Waals surface area contributed by atoms with Crippen LogP contribution < -0.4 is 5.32 Å². The second kappa shape index (κ2) is 9.95. The molecule has 3 amide bonds. The van der Waals surface area contributed by atoms with Crippen LogP contribution in [0.25, 0.3) is 0 Å². The van der Waals surface area contributed by atoms with E-state index >= 15 is 0 Å². The Bertz CT molecular complexity index is 360. The van der Waals surface area contributed by atoms with Gasteiger partial charge in [-0.15, -0.1) is 6.42 Å². The van der Waals surface area contributed by atoms with Gasteiger partial charge < -0.3 is 10.0 Å². The molecular weight excluding hydrogens is 248 g/mol. The average Bonchev–Trinajstić information content (AvgIpc) is 2.34. The van der Waals surface area contributed by atoms with Crippen molar-refractivity contribution < 1.29 is 19.5 Å². The van der Waals surface area contributed by atoms with Crippen LogP contribution in [0, 0.1) is 12.3 Å². The maximum Gasteiger partial charge on any atom is 0.324 e. The zero-order chi connectivity index (χ0) is 14.7. The van der Waals surface area contributed by atoms with Crippen molar-refractivity contribution in [3.05, 3.63) is 0 Å². The number of carboxylic acids is 1. The van der Waals surface area contributed by atoms with Gasteiger partial charge in [0.2, 0.25) is 5.91 Å². The normalized spacial score (nSPS) is 9.47. The first kappa shape index (κ1) is 17.0. The van der Waals surface area contributed by atoms with Crippen LogP contribution in [0.15, 0.2) is 0 Å². The summed E-state index contributed by atoms with van der Waals surface area (Å²) in [5, 5.41) is 10.7. The average molecular weight is 268 g/mol. The van der Waals surface area contributed by atoms with Gasteiger partial charge in [0.1, 0.15) is 0 Å². The third-order valence-corrected chi connectivity index (χ3v) is 2.35. The molecule has 2 N–H and O–H groups in total. The summed E-state index contributed by atoms with van der Waals surface area (Å²) in [5.74, 6) is 1.06. The summed E-state index contributed by atoms with van der Waals surface area (Å²) in [6, 6.07) is -0.497. The van der Waals surface area contributed by atoms with Crippen LogP contribution in [0.2, 0.25) is 0 Å². The molecular formula is C13H20N2O4. The Kier molecular flexibility index (Phi) is 8.88. The zero-order valence-electron chi connectivity index (χ0n) is 11.1. The highest BCUT2D eigenvalue weighted by atomic mass is 16.4. The van der Waals surface area contributed by atoms with E-state index in [1.54, 1.807) is 0 Å². The number of nitrogens with zero attached hydrogens (tertiary/aromatic N) is 1. The monoisotopic (exact) mass is 268 g/mol. The molecule has 0 spiro atoms. The Morgan fingerprint density at radius 3 is 2.42 bits per heavy atom. The first-order valence-corrected chi connectivity index (χ1v) is 6.25. The lowest BCUT2D eigenvalue weighted by Crippen LogP contribution is -2.43. The van der Waals surface area contributed by atoms with Gasteiger partial charge in [0.05, 0.1) is 6.54 Å². The van der Waals surface area contributed by atoms with E-state index in [1.807, 2.05) is 6.92 Å². The molecule has 106 valence electrons. The summed E-state index contributed by atoms with van der Waals surface area (Å²) < 4.78 is 0. The molecule has 0 heterocycles. The molecule has 6 nitrogen and oxygen atoms in total. The third kappa shape index (κ3) is 8.66. The van der Waals surface area contributed by atoms with Crippen molar-refractivity contribution in [3.8, 4) is 12.3 Å². The lowest BCUT2D eigenvalue weighted by Gasteiger charge is -2.19. The lowest BCUT2D eigenvalue weighted by atomic mass is 10.2. The van der Waals surface area contributed by atoms with Crippen molar-refractivity contribution in [3.63, 3.8) is 0 Å². The smallest absolute Gasteiger partial charge is 0.324 e. The van der Waals surface area contributed by atoms with Gasteiger partial charge in [0, 0.05) is 19.4 Å². The highest BCUT2D eigenvalue weighted by Gasteiger charge is 2.14. The topological polar surface area (TPSA) is 86.7 Å². The van der Waals surface area contributed by atoms with Gasteiger partial charge in [0.15, 0.2) is 0 Å². The van der Waals surface area contributed by atoms with Crippen LogP contribution in [-0.4, -0.2) is 41.0 Å². The van der Waals surface area contributed by atoms with Gasteiger partial charge in [-0.3, -0.25) is 14.9 Å². The minimum absolute atomic E-state index is 0.0281. The van der Waals surface area contributed by atoms with Crippen LogP contribution in [0.3, 0.4) is 0 Å². The van der Waals surface area contributed by atoms with Crippen LogP contribution >= 0.6 is 0 Å². The zero-order valence-corrected chi connectivity index (χ0v) is 11.1. The number of carboxylic acid groups (broad SMARTS) is 1. The van der Waals surface area contributed by atoms with Crippen molar-refractivity contribution in [2.75, 3.05) is 13.1 Å². The molecule has 0 aliphatic carbocycles. The van der Waals surface area contributed by atoms with Crippen molar-refractivity contribution in [2.45, 2.75) is 39.0 Å². The Labute approximate surface area is 113 Å². The molecule has 0 aliphatic heterocycles. The number of terminal acetylenes is 1. The van der Waals surface area contributed by atoms with Crippen molar-refractivity contribution in [1.29, 1.82) is 0 Å². The van der Waals surface area contributed by atoms with Crippen molar-refractivity contribution in [1.82, 2.24) is 10.2 Å². The number of carbonyl (C=O) groups excluding carboxylic acids is 2. The summed E-state index contributed by atoms with van der Waals surface area (Å²) in [5.41, 5.74) is 0. The number of imide groups is 1. The molecule has 0 radical (unpaired) electrons. The summed E-state index contributed by atoms with van der Waals surface area (Å²) in [4.78, 5) is 34.8. The van der Waals surface area contributed by atoms with E-state index in [-0.39, 0.29) is 19.4 Å². The number of carbonyl (C=O) groups is 3. The second-order valence-electron chi connectivity index (χ2n) is 4.08. The maximum absolute atomic E-state index is 11.7. The summed E-state index contributed by atoms with van der Waals surface area (Å²) in [6.07, 6.45) is 6.91. The van der Waals surface area contributed by atoms with Crippen LogP contribution in [0.1, 0.15) is 39.0 Å². The molecule has 0 saturated heterocycles. The first-order valence-electron chi connectivity index (χ1n) is 6.25. The predicted octanol–water partition coefficient (Wildman–Crippen LogP) is 1.21. The molecule has 0 atom stereocenters. The van der Waals surface area contributed by atoms with Crippen molar-refractivity contribution >= 4 is 17.9 Å². The fourth-order valence-corrected chi connectivity index (χ4v) is 1.46. The summed E-state index contributed by atoms with van der Waals surface area (Å²) in [7, 11) is 0. The summed E-state index contributed by atoms with van der Waals surface area (Å²) in [6.45, 7) is 2.55. The van der Waals surface area contributed by atoms with E-state index in [2.05, 4.69) is 11.2 Å². The Balaban J connectivity index is 3.99. The quantitative estimate of drug-likeness (QED) is 0.512.